The van der Waals surface area contributed by atoms with Crippen LogP contribution in [0.4, 0.5) is 0 Å². The fourth-order valence-corrected chi connectivity index (χ4v) is 0. The molecule has 0 aromatic rings. The zero-order valence-corrected chi connectivity index (χ0v) is 4.22. The van der Waals surface area contributed by atoms with Crippen LogP contribution in [0, 0.1) is 0 Å². The van der Waals surface area contributed by atoms with Gasteiger partial charge in [0.15, 0.2) is 0 Å². The van der Waals surface area contributed by atoms with Crippen molar-refractivity contribution in [2.45, 2.75) is 22.3 Å². The Balaban J connectivity index is -0.000000000714. The standard InChI is InChI=1S/3CH4.2H3N.H2O3.3H2O/c;;;;;1-3-2;;;/h3*1H4;2*1H3;1-2H;3*1H2. The molecule has 84 valence electrons. The van der Waals surface area contributed by atoms with Crippen molar-refractivity contribution in [2.75, 3.05) is 0 Å². The molecule has 11 heavy (non-hydrogen) atoms. The summed E-state index contributed by atoms with van der Waals surface area (Å²) >= 11 is 0. The Bertz CT molecular complexity index is 15.8. The Morgan fingerprint density at radius 2 is 0.636 bits per heavy atom. The predicted molar refractivity (Wildman–Crippen MR) is 47.4 cm³/mol. The van der Waals surface area contributed by atoms with Crippen LogP contribution in [-0.2, 0) is 5.04 Å². The molecule has 14 N–H and O–H groups in total. The van der Waals surface area contributed by atoms with Gasteiger partial charge in [-0.25, -0.2) is 10.5 Å². The van der Waals surface area contributed by atoms with E-state index < -0.39 is 0 Å². The normalized spacial score (nSPS) is 1.64. The highest BCUT2D eigenvalue weighted by Crippen LogP contribution is 1.24. The van der Waals surface area contributed by atoms with Gasteiger partial charge in [-0.15, -0.1) is 0 Å². The van der Waals surface area contributed by atoms with Gasteiger partial charge < -0.3 is 28.7 Å². The highest BCUT2D eigenvalue weighted by molar-refractivity contribution is 2.51. The zero-order valence-electron chi connectivity index (χ0n) is 4.22. The maximum Gasteiger partial charge on any atom is -0.0737 e. The van der Waals surface area contributed by atoms with Crippen molar-refractivity contribution < 1.29 is 32.0 Å². The third-order valence-electron chi connectivity index (χ3n) is 0. The molecule has 0 unspecified atom stereocenters. The van der Waals surface area contributed by atoms with Crippen molar-refractivity contribution in [2.24, 2.45) is 0 Å². The summed E-state index contributed by atoms with van der Waals surface area (Å²) in [6, 6.07) is 0. The molecule has 0 bridgehead atoms. The second-order valence-electron chi connectivity index (χ2n) is 0.0816. The first kappa shape index (κ1) is 355. The summed E-state index contributed by atoms with van der Waals surface area (Å²) in [5.74, 6) is 0. The molecule has 0 aliphatic heterocycles. The topological polar surface area (TPSA) is 214 Å². The number of hydrogen-bond acceptors (Lipinski definition) is 5. The molecular formula is C3H26N2O6. The third kappa shape index (κ3) is 5580. The van der Waals surface area contributed by atoms with Crippen molar-refractivity contribution in [3.05, 3.63) is 0 Å². The Morgan fingerprint density at radius 3 is 0.636 bits per heavy atom. The van der Waals surface area contributed by atoms with Crippen LogP contribution in [-0.4, -0.2) is 26.9 Å². The van der Waals surface area contributed by atoms with Gasteiger partial charge in [-0.1, -0.05) is 27.3 Å². The molecule has 0 spiro atoms. The molecule has 8 heteroatoms. The van der Waals surface area contributed by atoms with E-state index >= 15 is 0 Å². The highest BCUT2D eigenvalue weighted by atomic mass is 17.4. The van der Waals surface area contributed by atoms with Crippen molar-refractivity contribution in [1.82, 2.24) is 12.3 Å². The monoisotopic (exact) mass is 186 g/mol. The van der Waals surface area contributed by atoms with Gasteiger partial charge in [0.25, 0.3) is 0 Å². The first-order chi connectivity index (χ1) is 1.41. The summed E-state index contributed by atoms with van der Waals surface area (Å²) in [7, 11) is 0. The van der Waals surface area contributed by atoms with Crippen molar-refractivity contribution in [1.29, 1.82) is 0 Å². The molecule has 0 heterocycles. The van der Waals surface area contributed by atoms with E-state index in [2.05, 4.69) is 5.04 Å². The third-order valence-corrected chi connectivity index (χ3v) is 0. The molecule has 0 aliphatic carbocycles. The van der Waals surface area contributed by atoms with Crippen molar-refractivity contribution in [3.63, 3.8) is 0 Å². The quantitative estimate of drug-likeness (QED) is 0.295. The second-order valence-corrected chi connectivity index (χ2v) is 0.0816. The first-order valence-electron chi connectivity index (χ1n) is 0.365. The van der Waals surface area contributed by atoms with Crippen LogP contribution in [0.2, 0.25) is 0 Å². The van der Waals surface area contributed by atoms with E-state index in [4.69, 9.17) is 10.5 Å². The second kappa shape index (κ2) is 1580. The minimum atomic E-state index is 0. The van der Waals surface area contributed by atoms with Gasteiger partial charge in [0.1, 0.15) is 0 Å². The van der Waals surface area contributed by atoms with Gasteiger partial charge in [0.05, 0.1) is 0 Å². The van der Waals surface area contributed by atoms with Crippen LogP contribution in [0.15, 0.2) is 0 Å². The van der Waals surface area contributed by atoms with Crippen LogP contribution in [0.3, 0.4) is 0 Å². The van der Waals surface area contributed by atoms with Crippen LogP contribution >= 0.6 is 0 Å². The fourth-order valence-electron chi connectivity index (χ4n) is 0. The highest BCUT2D eigenvalue weighted by Gasteiger charge is 1.27. The van der Waals surface area contributed by atoms with Gasteiger partial charge >= 0.3 is 0 Å². The maximum atomic E-state index is 6.62. The van der Waals surface area contributed by atoms with Gasteiger partial charge in [0, 0.05) is 0 Å². The Hall–Kier alpha value is -0.320. The summed E-state index contributed by atoms with van der Waals surface area (Å²) in [4.78, 5) is 0. The predicted octanol–water partition coefficient (Wildman–Crippen LogP) is -0.293. The van der Waals surface area contributed by atoms with Gasteiger partial charge in [-0.05, 0) is 0 Å². The molecule has 0 amide bonds. The summed E-state index contributed by atoms with van der Waals surface area (Å²) in [6.45, 7) is 0. The molecule has 0 aromatic heterocycles. The molecule has 0 saturated carbocycles. The van der Waals surface area contributed by atoms with E-state index in [0.717, 1.165) is 0 Å². The average molecular weight is 186 g/mol. The van der Waals surface area contributed by atoms with Gasteiger partial charge in [0.2, 0.25) is 0 Å². The van der Waals surface area contributed by atoms with E-state index in [0.29, 0.717) is 0 Å². The van der Waals surface area contributed by atoms with E-state index in [1.165, 1.54) is 0 Å². The van der Waals surface area contributed by atoms with E-state index in [-0.39, 0.29) is 51.0 Å². The Labute approximate surface area is 67.8 Å². The molecule has 0 rings (SSSR count). The smallest absolute Gasteiger partial charge is 0.0737 e. The molecule has 0 aromatic carbocycles. The minimum Gasteiger partial charge on any atom is -0.412 e. The van der Waals surface area contributed by atoms with E-state index in [1.54, 1.807) is 0 Å². The summed E-state index contributed by atoms with van der Waals surface area (Å²) in [6.07, 6.45) is 0. The van der Waals surface area contributed by atoms with Crippen LogP contribution < -0.4 is 12.3 Å². The summed E-state index contributed by atoms with van der Waals surface area (Å²) < 4.78 is 0. The minimum absolute atomic E-state index is 0. The molecular weight excluding hydrogens is 160 g/mol. The van der Waals surface area contributed by atoms with Crippen molar-refractivity contribution in [3.8, 4) is 0 Å². The lowest BCUT2D eigenvalue weighted by Gasteiger charge is -1.56. The number of hydrogen-bond donors (Lipinski definition) is 4. The van der Waals surface area contributed by atoms with Gasteiger partial charge in [-0.2, -0.15) is 0 Å². The summed E-state index contributed by atoms with van der Waals surface area (Å²) in [5, 5.41) is 15.5. The van der Waals surface area contributed by atoms with E-state index in [1.807, 2.05) is 0 Å². The fraction of sp³-hybridized carbons (Fsp3) is 1.00. The largest absolute Gasteiger partial charge is 0.412 e. The average Bonchev–Trinajstić information content (AvgIpc) is 0.918. The van der Waals surface area contributed by atoms with E-state index in [9.17, 15) is 0 Å². The lowest BCUT2D eigenvalue weighted by molar-refractivity contribution is -0.465. The van der Waals surface area contributed by atoms with Crippen LogP contribution in [0.1, 0.15) is 22.3 Å². The molecule has 8 nitrogen and oxygen atoms in total. The molecule has 0 fully saturated rings. The lowest BCUT2D eigenvalue weighted by Crippen LogP contribution is -1.60. The Morgan fingerprint density at radius 1 is 0.636 bits per heavy atom. The summed E-state index contributed by atoms with van der Waals surface area (Å²) in [5.41, 5.74) is 0. The molecule has 0 saturated heterocycles. The van der Waals surface area contributed by atoms with Gasteiger partial charge in [-0.3, -0.25) is 0 Å². The molecule has 0 radical (unpaired) electrons. The van der Waals surface area contributed by atoms with Crippen molar-refractivity contribution >= 4 is 0 Å². The SMILES string of the molecule is C.C.C.N.N.O.O.O.OOO. The Kier molecular flexibility index (Phi) is 50800. The molecule has 0 aliphatic rings. The van der Waals surface area contributed by atoms with Crippen LogP contribution in [0.25, 0.3) is 0 Å². The number of rotatable bonds is 0. The first-order valence-corrected chi connectivity index (χ1v) is 0.365. The molecule has 0 atom stereocenters. The zero-order chi connectivity index (χ0) is 2.71. The van der Waals surface area contributed by atoms with Crippen LogP contribution in [0.5, 0.6) is 0 Å². The maximum absolute atomic E-state index is 6.62. The lowest BCUT2D eigenvalue weighted by atomic mass is 12.0.